The zero-order chi connectivity index (χ0) is 15.5. The number of nitrogens with one attached hydrogen (secondary N) is 1. The Morgan fingerprint density at radius 2 is 2.24 bits per heavy atom. The number of ether oxygens (including phenoxy) is 1. The Balaban J connectivity index is 2.74. The monoisotopic (exact) mass is 307 g/mol. The van der Waals surface area contributed by atoms with E-state index in [4.69, 9.17) is 4.74 Å². The lowest BCUT2D eigenvalue weighted by Gasteiger charge is -2.14. The van der Waals surface area contributed by atoms with Gasteiger partial charge in [0.1, 0.15) is 12.0 Å². The molecule has 4 heteroatoms. The zero-order valence-electron chi connectivity index (χ0n) is 13.2. The molecule has 0 bridgehead atoms. The molecule has 0 saturated heterocycles. The van der Waals surface area contributed by atoms with Crippen molar-refractivity contribution in [3.05, 3.63) is 41.5 Å². The van der Waals surface area contributed by atoms with E-state index in [1.165, 1.54) is 11.1 Å². The van der Waals surface area contributed by atoms with E-state index in [1.807, 2.05) is 13.1 Å². The molecule has 0 aromatic heterocycles. The predicted octanol–water partition coefficient (Wildman–Crippen LogP) is 3.65. The molecule has 2 unspecified atom stereocenters. The van der Waals surface area contributed by atoms with Crippen molar-refractivity contribution in [3.63, 3.8) is 0 Å². The van der Waals surface area contributed by atoms with Crippen LogP contribution < -0.4 is 9.82 Å². The van der Waals surface area contributed by atoms with Gasteiger partial charge in [0.15, 0.2) is 0 Å². The van der Waals surface area contributed by atoms with Gasteiger partial charge in [0.25, 0.3) is 0 Å². The number of aldehydes is 1. The summed E-state index contributed by atoms with van der Waals surface area (Å²) in [6, 6.07) is 6.39. The molecule has 0 heterocycles. The molecule has 0 amide bonds. The predicted molar refractivity (Wildman–Crippen MR) is 91.7 cm³/mol. The Bertz CT molecular complexity index is 460. The average molecular weight is 307 g/mol. The van der Waals surface area contributed by atoms with E-state index in [9.17, 15) is 4.79 Å². The maximum Gasteiger partial charge on any atom is 0.142 e. The summed E-state index contributed by atoms with van der Waals surface area (Å²) in [6.45, 7) is 5.01. The third-order valence-electron chi connectivity index (χ3n) is 3.22. The SMILES string of the molecule is CCCCOc1cc(CC(/C=C\C=O)PNC)ccc1C. The van der Waals surface area contributed by atoms with Gasteiger partial charge >= 0.3 is 0 Å². The van der Waals surface area contributed by atoms with Crippen molar-refractivity contribution >= 4 is 15.0 Å². The van der Waals surface area contributed by atoms with Crippen molar-refractivity contribution in [1.82, 2.24) is 5.09 Å². The molecule has 2 atom stereocenters. The van der Waals surface area contributed by atoms with Crippen molar-refractivity contribution in [1.29, 1.82) is 0 Å². The van der Waals surface area contributed by atoms with Crippen LogP contribution in [0.2, 0.25) is 0 Å². The summed E-state index contributed by atoms with van der Waals surface area (Å²) in [7, 11) is 2.54. The van der Waals surface area contributed by atoms with Gasteiger partial charge in [-0.2, -0.15) is 0 Å². The van der Waals surface area contributed by atoms with Crippen LogP contribution in [0.5, 0.6) is 5.75 Å². The van der Waals surface area contributed by atoms with Gasteiger partial charge < -0.3 is 9.82 Å². The molecule has 21 heavy (non-hydrogen) atoms. The molecular weight excluding hydrogens is 281 g/mol. The van der Waals surface area contributed by atoms with Gasteiger partial charge in [-0.3, -0.25) is 4.79 Å². The topological polar surface area (TPSA) is 38.3 Å². The second-order valence-corrected chi connectivity index (χ2v) is 6.56. The van der Waals surface area contributed by atoms with E-state index in [2.05, 4.69) is 37.1 Å². The molecule has 1 aromatic rings. The van der Waals surface area contributed by atoms with Crippen molar-refractivity contribution in [2.75, 3.05) is 13.7 Å². The second-order valence-electron chi connectivity index (χ2n) is 5.03. The van der Waals surface area contributed by atoms with Gasteiger partial charge in [-0.05, 0) is 58.8 Å². The van der Waals surface area contributed by atoms with Crippen molar-refractivity contribution in [2.45, 2.75) is 38.8 Å². The first-order chi connectivity index (χ1) is 10.2. The fourth-order valence-corrected chi connectivity index (χ4v) is 2.96. The summed E-state index contributed by atoms with van der Waals surface area (Å²) in [5, 5.41) is 3.19. The Morgan fingerprint density at radius 1 is 1.43 bits per heavy atom. The summed E-state index contributed by atoms with van der Waals surface area (Å²) in [5.74, 6) is 0.979. The minimum atomic E-state index is 0.339. The fourth-order valence-electron chi connectivity index (χ4n) is 2.04. The number of benzene rings is 1. The first kappa shape index (κ1) is 17.9. The largest absolute Gasteiger partial charge is 0.493 e. The quantitative estimate of drug-likeness (QED) is 0.310. The molecule has 1 aromatic carbocycles. The number of carbonyl (C=O) groups excluding carboxylic acids is 1. The van der Waals surface area contributed by atoms with E-state index >= 15 is 0 Å². The molecule has 0 aliphatic carbocycles. The molecule has 1 rings (SSSR count). The molecule has 0 aliphatic heterocycles. The lowest BCUT2D eigenvalue weighted by molar-refractivity contribution is -0.104. The fraction of sp³-hybridized carbons (Fsp3) is 0.471. The highest BCUT2D eigenvalue weighted by Gasteiger charge is 2.08. The highest BCUT2D eigenvalue weighted by atomic mass is 31.1. The number of allylic oxidation sites excluding steroid dienone is 2. The maximum atomic E-state index is 10.5. The van der Waals surface area contributed by atoms with Crippen LogP contribution in [0.25, 0.3) is 0 Å². The van der Waals surface area contributed by atoms with Gasteiger partial charge in [-0.15, -0.1) is 0 Å². The van der Waals surface area contributed by atoms with Gasteiger partial charge in [0.05, 0.1) is 6.61 Å². The molecule has 0 radical (unpaired) electrons. The first-order valence-electron chi connectivity index (χ1n) is 7.47. The van der Waals surface area contributed by atoms with E-state index in [1.54, 1.807) is 6.08 Å². The molecule has 0 aliphatic rings. The number of unbranched alkanes of at least 4 members (excludes halogenated alkanes) is 1. The van der Waals surface area contributed by atoms with Crippen LogP contribution in [0.1, 0.15) is 30.9 Å². The summed E-state index contributed by atoms with van der Waals surface area (Å²) in [4.78, 5) is 10.5. The molecule has 3 nitrogen and oxygen atoms in total. The highest BCUT2D eigenvalue weighted by molar-refractivity contribution is 7.36. The molecule has 1 N–H and O–H groups in total. The molecule has 116 valence electrons. The molecule has 0 spiro atoms. The van der Waals surface area contributed by atoms with Crippen molar-refractivity contribution in [2.24, 2.45) is 0 Å². The molecular formula is C17H26NO2P. The van der Waals surface area contributed by atoms with Crippen LogP contribution >= 0.6 is 8.73 Å². The van der Waals surface area contributed by atoms with E-state index in [0.717, 1.165) is 37.9 Å². The van der Waals surface area contributed by atoms with E-state index in [-0.39, 0.29) is 0 Å². The van der Waals surface area contributed by atoms with Crippen LogP contribution in [0.3, 0.4) is 0 Å². The maximum absolute atomic E-state index is 10.5. The standard InChI is InChI=1S/C17H26NO2P/c1-4-5-11-20-17-13-15(9-8-14(17)2)12-16(21-18-3)7-6-10-19/h6-10,13,16,18,21H,4-5,11-12H2,1-3H3/b7-6-. The van der Waals surface area contributed by atoms with Gasteiger partial charge in [0, 0.05) is 5.66 Å². The van der Waals surface area contributed by atoms with Crippen LogP contribution in [0.15, 0.2) is 30.4 Å². The third kappa shape index (κ3) is 6.88. The van der Waals surface area contributed by atoms with Gasteiger partial charge in [-0.1, -0.05) is 31.6 Å². The van der Waals surface area contributed by atoms with Crippen LogP contribution in [0.4, 0.5) is 0 Å². The number of aryl methyl sites for hydroxylation is 1. The summed E-state index contributed by atoms with van der Waals surface area (Å²) >= 11 is 0. The lowest BCUT2D eigenvalue weighted by Crippen LogP contribution is -2.08. The number of hydrogen-bond acceptors (Lipinski definition) is 3. The highest BCUT2D eigenvalue weighted by Crippen LogP contribution is 2.25. The van der Waals surface area contributed by atoms with Gasteiger partial charge in [0.2, 0.25) is 0 Å². The van der Waals surface area contributed by atoms with Crippen molar-refractivity contribution in [3.8, 4) is 5.75 Å². The Kier molecular flexibility index (Phi) is 8.96. The average Bonchev–Trinajstić information content (AvgIpc) is 2.48. The molecule has 0 fully saturated rings. The number of hydrogen-bond donors (Lipinski definition) is 1. The van der Waals surface area contributed by atoms with Crippen LogP contribution in [-0.2, 0) is 11.2 Å². The Hall–Kier alpha value is -1.18. The number of carbonyl (C=O) groups is 1. The summed E-state index contributed by atoms with van der Waals surface area (Å²) in [5.41, 5.74) is 2.76. The van der Waals surface area contributed by atoms with Crippen LogP contribution in [-0.4, -0.2) is 25.6 Å². The smallest absolute Gasteiger partial charge is 0.142 e. The van der Waals surface area contributed by atoms with Crippen molar-refractivity contribution < 1.29 is 9.53 Å². The normalized spacial score (nSPS) is 13.1. The minimum absolute atomic E-state index is 0.339. The second kappa shape index (κ2) is 10.5. The molecule has 0 saturated carbocycles. The summed E-state index contributed by atoms with van der Waals surface area (Å²) < 4.78 is 5.85. The summed E-state index contributed by atoms with van der Waals surface area (Å²) in [6.07, 6.45) is 7.52. The van der Waals surface area contributed by atoms with Gasteiger partial charge in [-0.25, -0.2) is 0 Å². The van der Waals surface area contributed by atoms with Crippen LogP contribution in [0, 0.1) is 6.92 Å². The zero-order valence-corrected chi connectivity index (χ0v) is 14.2. The lowest BCUT2D eigenvalue weighted by atomic mass is 10.1. The Labute approximate surface area is 130 Å². The van der Waals surface area contributed by atoms with E-state index in [0.29, 0.717) is 14.4 Å². The minimum Gasteiger partial charge on any atom is -0.493 e. The third-order valence-corrected chi connectivity index (χ3v) is 4.27. The Morgan fingerprint density at radius 3 is 2.90 bits per heavy atom. The van der Waals surface area contributed by atoms with E-state index < -0.39 is 0 Å². The number of rotatable bonds is 10. The first-order valence-corrected chi connectivity index (χ1v) is 8.55.